The van der Waals surface area contributed by atoms with E-state index >= 15 is 0 Å². The van der Waals surface area contributed by atoms with Crippen molar-refractivity contribution >= 4 is 84.9 Å². The van der Waals surface area contributed by atoms with Crippen molar-refractivity contribution in [3.63, 3.8) is 0 Å². The number of rotatable bonds is 6. The number of fused-ring (bicyclic) bond motifs is 6. The fourth-order valence-electron chi connectivity index (χ4n) is 7.38. The van der Waals surface area contributed by atoms with Gasteiger partial charge in [0.2, 0.25) is 0 Å². The van der Waals surface area contributed by atoms with E-state index in [4.69, 9.17) is 103 Å². The zero-order valence-electron chi connectivity index (χ0n) is 41.5. The number of halogens is 6. The summed E-state index contributed by atoms with van der Waals surface area (Å²) in [5, 5.41) is 0.0782. The molecule has 6 aromatic carbocycles. The zero-order valence-corrected chi connectivity index (χ0v) is 52.2. The Kier molecular flexibility index (Phi) is 22.3. The van der Waals surface area contributed by atoms with Crippen molar-refractivity contribution in [2.24, 2.45) is 13.5 Å². The summed E-state index contributed by atoms with van der Waals surface area (Å²) < 4.78 is 56.1. The maximum atomic E-state index is 6.84. The summed E-state index contributed by atoms with van der Waals surface area (Å²) in [6.45, 7) is 13.1. The third-order valence-electron chi connectivity index (χ3n) is 11.0. The van der Waals surface area contributed by atoms with Crippen molar-refractivity contribution in [1.82, 2.24) is 9.97 Å². The van der Waals surface area contributed by atoms with Gasteiger partial charge in [-0.2, -0.15) is 0 Å². The number of pyridine rings is 2. The van der Waals surface area contributed by atoms with Gasteiger partial charge in [-0.3, -0.25) is 0 Å². The van der Waals surface area contributed by atoms with Gasteiger partial charge < -0.3 is 27.1 Å². The van der Waals surface area contributed by atoms with E-state index in [2.05, 4.69) is 100 Å². The topological polar surface area (TPSA) is 118 Å². The first-order valence-electron chi connectivity index (χ1n) is 23.1. The molecular weight excluding hydrogens is 1320 g/mol. The molecule has 8 aromatic rings. The van der Waals surface area contributed by atoms with Gasteiger partial charge in [0, 0.05) is 34.6 Å². The minimum atomic E-state index is -4.14. The predicted octanol–water partition coefficient (Wildman–Crippen LogP) is 21.4. The molecule has 0 aliphatic carbocycles. The number of hydrogen-bond donors (Lipinski definition) is 0. The third-order valence-corrected chi connectivity index (χ3v) is 19.6. The van der Waals surface area contributed by atoms with Crippen molar-refractivity contribution in [2.45, 2.75) is 53.4 Å². The van der Waals surface area contributed by atoms with Crippen LogP contribution in [0.1, 0.15) is 61.8 Å². The van der Waals surface area contributed by atoms with E-state index in [-0.39, 0.29) is 52.1 Å². The van der Waals surface area contributed by atoms with Gasteiger partial charge in [-0.15, -0.1) is 0 Å². The van der Waals surface area contributed by atoms with E-state index in [0.717, 1.165) is 22.3 Å². The Balaban J connectivity index is 0.000000265. The van der Waals surface area contributed by atoms with Gasteiger partial charge in [0.25, 0.3) is 0 Å². The Morgan fingerprint density at radius 1 is 0.408 bits per heavy atom. The monoisotopic (exact) mass is 1370 g/mol. The molecule has 0 unspecified atom stereocenters. The van der Waals surface area contributed by atoms with Gasteiger partial charge in [-0.05, 0) is 85.3 Å². The molecule has 2 aromatic heterocycles. The molecule has 5 heterocycles. The summed E-state index contributed by atoms with van der Waals surface area (Å²) in [5.41, 5.74) is 8.61. The maximum absolute atomic E-state index is 6.84. The Bertz CT molecular complexity index is 3120. The Morgan fingerprint density at radius 2 is 0.711 bits per heavy atom. The van der Waals surface area contributed by atoms with E-state index in [1.165, 1.54) is 34.6 Å². The second kappa shape index (κ2) is 28.3. The van der Waals surface area contributed by atoms with Crippen molar-refractivity contribution < 1.29 is 57.4 Å². The van der Waals surface area contributed by atoms with Gasteiger partial charge in [0.1, 0.15) is 23.0 Å². The summed E-state index contributed by atoms with van der Waals surface area (Å²) in [4.78, 5) is 8.42. The average molecular weight is 1370 g/mol. The van der Waals surface area contributed by atoms with Crippen molar-refractivity contribution in [1.29, 1.82) is 0 Å². The van der Waals surface area contributed by atoms with Crippen LogP contribution in [0.5, 0.6) is 34.5 Å². The summed E-state index contributed by atoms with van der Waals surface area (Å²) in [6.07, 6.45) is 3.06. The molecule has 0 atom stereocenters. The number of hydrogen-bond acceptors (Lipinski definition) is 11. The molecule has 11 nitrogen and oxygen atoms in total. The van der Waals surface area contributed by atoms with Crippen LogP contribution in [0.4, 0.5) is 0 Å². The predicted molar refractivity (Wildman–Crippen MR) is 308 cm³/mol. The SMILES string of the molecule is Cc1ccc(C(C)C)cc1.Cc1ccc(C(C)C)cc1.Clc1ncccc1OP1(Oc2cccnc2Cl)=NP2(=NP3(=N1)Oc1ccccc1-c1ccccc1O3)Oc1ccccc1-c1ccccc1O2.[Cl][Ru][Cl].[Cl][Ru][Cl]. The zero-order chi connectivity index (χ0) is 54.3. The second-order valence-electron chi connectivity index (χ2n) is 17.1. The van der Waals surface area contributed by atoms with Gasteiger partial charge in [-0.25, -0.2) is 9.97 Å². The quantitative estimate of drug-likeness (QED) is 0.0918. The van der Waals surface area contributed by atoms with Crippen molar-refractivity contribution in [3.05, 3.63) is 215 Å². The summed E-state index contributed by atoms with van der Waals surface area (Å²) >= 11 is 12.5. The fourth-order valence-corrected chi connectivity index (χ4v) is 17.0. The summed E-state index contributed by atoms with van der Waals surface area (Å²) in [7, 11) is 7.35. The van der Waals surface area contributed by atoms with Gasteiger partial charge in [0.15, 0.2) is 21.8 Å². The van der Waals surface area contributed by atoms with Crippen LogP contribution in [0.25, 0.3) is 22.3 Å². The van der Waals surface area contributed by atoms with Crippen LogP contribution in [0.2, 0.25) is 10.3 Å². The van der Waals surface area contributed by atoms with E-state index in [1.54, 1.807) is 24.3 Å². The van der Waals surface area contributed by atoms with Crippen LogP contribution >= 0.6 is 84.9 Å². The standard InChI is InChI=1S/C34H22Cl2N5O6P3.2C10H14.4ClH.2Ru/c35-33-31(19-9-21-37-33)46-50(47-32-20-10-22-38-34(32)36)40-48(42-27-15-5-1-11-23(27)24-12-2-6-16-28(24)43-48)39-49(41-50)44-29-17-7-3-13-25(29)26-14-4-8-18-30(26)45-49;2*1-8(2)10-6-4-9(3)5-7-10;;;;;;/h1-22H;2*4-8H,1-3H3;4*1H;;/q;;;;;;;2*+2/p-4. The molecule has 0 saturated heterocycles. The molecule has 0 amide bonds. The van der Waals surface area contributed by atoms with E-state index in [1.807, 2.05) is 97.1 Å². The number of para-hydroxylation sites is 4. The molecule has 3 aliphatic heterocycles. The van der Waals surface area contributed by atoms with Crippen molar-refractivity contribution in [2.75, 3.05) is 0 Å². The van der Waals surface area contributed by atoms with Gasteiger partial charge >= 0.3 is 92.0 Å². The molecular formula is C54H50Cl6N5O6P3Ru2. The molecule has 11 rings (SSSR count). The van der Waals surface area contributed by atoms with Crippen LogP contribution in [0.3, 0.4) is 0 Å². The second-order valence-corrected chi connectivity index (χ2v) is 29.3. The van der Waals surface area contributed by atoms with Crippen LogP contribution in [-0.4, -0.2) is 9.97 Å². The van der Waals surface area contributed by atoms with Crippen LogP contribution in [0.15, 0.2) is 196 Å². The minimum absolute atomic E-state index is 0.0391. The number of benzene rings is 6. The molecule has 3 aliphatic rings. The molecule has 400 valence electrons. The summed E-state index contributed by atoms with van der Waals surface area (Å²) in [5.74, 6) is 3.41. The number of aromatic nitrogens is 2. The van der Waals surface area contributed by atoms with E-state index in [0.29, 0.717) is 34.8 Å². The Morgan fingerprint density at radius 3 is 1.01 bits per heavy atom. The number of aryl methyl sites for hydroxylation is 2. The first kappa shape index (κ1) is 59.8. The molecule has 22 heteroatoms. The van der Waals surface area contributed by atoms with Crippen LogP contribution in [0, 0.1) is 13.8 Å². The van der Waals surface area contributed by atoms with Crippen molar-refractivity contribution in [3.8, 4) is 56.8 Å². The van der Waals surface area contributed by atoms with Crippen LogP contribution in [-0.2, 0) is 30.3 Å². The van der Waals surface area contributed by atoms with E-state index < -0.39 is 23.0 Å². The van der Waals surface area contributed by atoms with Crippen LogP contribution < -0.4 is 27.1 Å². The average Bonchev–Trinajstić information content (AvgIpc) is 3.62. The molecule has 0 fully saturated rings. The third kappa shape index (κ3) is 15.7. The van der Waals surface area contributed by atoms with Gasteiger partial charge in [-0.1, -0.05) is 197 Å². The molecule has 0 saturated carbocycles. The summed E-state index contributed by atoms with van der Waals surface area (Å²) in [6, 6.07) is 54.1. The Hall–Kier alpha value is -3.90. The molecule has 0 N–H and O–H groups in total. The first-order chi connectivity index (χ1) is 36.6. The van der Waals surface area contributed by atoms with E-state index in [9.17, 15) is 0 Å². The van der Waals surface area contributed by atoms with Gasteiger partial charge in [0.05, 0.1) is 0 Å². The molecule has 0 bridgehead atoms. The fraction of sp³-hybridized carbons (Fsp3) is 0.148. The molecule has 0 radical (unpaired) electrons. The Labute approximate surface area is 486 Å². The first-order valence-corrected chi connectivity index (χ1v) is 37.4. The molecule has 2 spiro atoms. The number of nitrogens with zero attached hydrogens (tertiary/aromatic N) is 5. The normalized spacial score (nSPS) is 14.2. The molecule has 76 heavy (non-hydrogen) atoms.